The van der Waals surface area contributed by atoms with Gasteiger partial charge >= 0.3 is 12.0 Å². The topological polar surface area (TPSA) is 131 Å². The second-order valence-corrected chi connectivity index (χ2v) is 2.34. The summed E-state index contributed by atoms with van der Waals surface area (Å²) in [6, 6.07) is -0.788. The minimum absolute atomic E-state index is 0.0195. The zero-order chi connectivity index (χ0) is 11.3. The number of hydrogen-bond acceptors (Lipinski definition) is 6. The van der Waals surface area contributed by atoms with Crippen LogP contribution in [0.1, 0.15) is 0 Å². The van der Waals surface area contributed by atoms with Crippen molar-refractivity contribution in [1.82, 2.24) is 25.7 Å². The van der Waals surface area contributed by atoms with Crippen LogP contribution in [0, 0.1) is 0 Å². The van der Waals surface area contributed by atoms with Crippen molar-refractivity contribution in [1.29, 1.82) is 0 Å². The molecule has 1 rings (SSSR count). The van der Waals surface area contributed by atoms with Gasteiger partial charge in [-0.1, -0.05) is 5.10 Å². The number of carbonyl (C=O) groups is 2. The molecule has 0 radical (unpaired) electrons. The van der Waals surface area contributed by atoms with Gasteiger partial charge in [-0.3, -0.25) is 10.2 Å². The van der Waals surface area contributed by atoms with Gasteiger partial charge in [-0.25, -0.2) is 15.1 Å². The van der Waals surface area contributed by atoms with E-state index < -0.39 is 18.6 Å². The molecule has 0 aromatic carbocycles. The van der Waals surface area contributed by atoms with E-state index in [0.717, 1.165) is 4.80 Å². The molecule has 0 aliphatic rings. The molecule has 0 saturated carbocycles. The fraction of sp³-hybridized carbons (Fsp3) is 0.400. The molecule has 0 atom stereocenters. The standard InChI is InChI=1S/C5H8N6O4/c1-11-8-4(7-10-11)6-5(14)9-15-2-3(12)13/h2H2,1H3,(H,12,13)(H2,6,8,9,14). The summed E-state index contributed by atoms with van der Waals surface area (Å²) < 4.78 is 0. The Morgan fingerprint density at radius 2 is 2.33 bits per heavy atom. The Labute approximate surface area is 83.2 Å². The number of aromatic nitrogens is 4. The lowest BCUT2D eigenvalue weighted by Crippen LogP contribution is -2.31. The lowest BCUT2D eigenvalue weighted by atomic mass is 10.8. The van der Waals surface area contributed by atoms with Gasteiger partial charge in [0, 0.05) is 0 Å². The number of tetrazole rings is 1. The maximum absolute atomic E-state index is 10.9. The summed E-state index contributed by atoms with van der Waals surface area (Å²) in [4.78, 5) is 26.4. The van der Waals surface area contributed by atoms with Crippen LogP contribution in [0.3, 0.4) is 0 Å². The number of carbonyl (C=O) groups excluding carboxylic acids is 1. The molecule has 10 heteroatoms. The van der Waals surface area contributed by atoms with E-state index in [2.05, 4.69) is 25.6 Å². The monoisotopic (exact) mass is 216 g/mol. The number of rotatable bonds is 4. The Hall–Kier alpha value is -2.23. The molecule has 2 amide bonds. The third kappa shape index (κ3) is 3.99. The largest absolute Gasteiger partial charge is 0.479 e. The van der Waals surface area contributed by atoms with Gasteiger partial charge in [-0.05, 0) is 5.21 Å². The molecule has 0 fully saturated rings. The number of nitrogens with one attached hydrogen (secondary N) is 2. The molecule has 1 heterocycles. The first-order valence-electron chi connectivity index (χ1n) is 3.72. The fourth-order valence-corrected chi connectivity index (χ4v) is 0.625. The highest BCUT2D eigenvalue weighted by molar-refractivity contribution is 5.86. The van der Waals surface area contributed by atoms with E-state index in [0.29, 0.717) is 0 Å². The third-order valence-corrected chi connectivity index (χ3v) is 1.09. The summed E-state index contributed by atoms with van der Waals surface area (Å²) in [5, 5.41) is 20.9. The van der Waals surface area contributed by atoms with Crippen molar-refractivity contribution >= 4 is 17.9 Å². The Balaban J connectivity index is 2.27. The first kappa shape index (κ1) is 10.8. The number of hydroxylamine groups is 1. The number of nitrogens with zero attached hydrogens (tertiary/aromatic N) is 4. The zero-order valence-electron chi connectivity index (χ0n) is 7.67. The lowest BCUT2D eigenvalue weighted by Gasteiger charge is -2.02. The van der Waals surface area contributed by atoms with Crippen molar-refractivity contribution in [2.45, 2.75) is 0 Å². The number of aryl methyl sites for hydroxylation is 1. The second kappa shape index (κ2) is 4.85. The Morgan fingerprint density at radius 3 is 2.87 bits per heavy atom. The first-order chi connectivity index (χ1) is 7.08. The number of carboxylic acid groups (broad SMARTS) is 1. The average Bonchev–Trinajstić information content (AvgIpc) is 2.50. The summed E-state index contributed by atoms with van der Waals surface area (Å²) in [6.07, 6.45) is 0. The molecular formula is C5H8N6O4. The van der Waals surface area contributed by atoms with Crippen molar-refractivity contribution in [3.63, 3.8) is 0 Å². The van der Waals surface area contributed by atoms with Crippen molar-refractivity contribution in [3.8, 4) is 0 Å². The normalized spacial score (nSPS) is 9.67. The van der Waals surface area contributed by atoms with E-state index in [1.165, 1.54) is 7.05 Å². The first-order valence-corrected chi connectivity index (χ1v) is 3.72. The molecule has 0 unspecified atom stereocenters. The summed E-state index contributed by atoms with van der Waals surface area (Å²) in [5.74, 6) is -1.22. The van der Waals surface area contributed by atoms with E-state index in [1.54, 1.807) is 0 Å². The van der Waals surface area contributed by atoms with Crippen LogP contribution in [0.5, 0.6) is 0 Å². The summed E-state index contributed by atoms with van der Waals surface area (Å²) >= 11 is 0. The molecular weight excluding hydrogens is 208 g/mol. The number of urea groups is 1. The Bertz CT molecular complexity index is 362. The highest BCUT2D eigenvalue weighted by Crippen LogP contribution is 1.90. The van der Waals surface area contributed by atoms with Gasteiger partial charge in [-0.15, -0.1) is 5.10 Å². The molecule has 1 aromatic heterocycles. The van der Waals surface area contributed by atoms with Crippen LogP contribution in [-0.4, -0.2) is 43.9 Å². The number of amides is 2. The summed E-state index contributed by atoms with van der Waals surface area (Å²) in [6.45, 7) is -0.638. The lowest BCUT2D eigenvalue weighted by molar-refractivity contribution is -0.143. The molecule has 82 valence electrons. The molecule has 0 aliphatic carbocycles. The minimum atomic E-state index is -1.20. The van der Waals surface area contributed by atoms with Crippen molar-refractivity contribution < 1.29 is 19.5 Å². The van der Waals surface area contributed by atoms with E-state index in [9.17, 15) is 9.59 Å². The van der Waals surface area contributed by atoms with Gasteiger partial charge in [0.05, 0.1) is 7.05 Å². The number of anilines is 1. The van der Waals surface area contributed by atoms with Crippen LogP contribution < -0.4 is 10.8 Å². The molecule has 0 saturated heterocycles. The number of carboxylic acids is 1. The van der Waals surface area contributed by atoms with E-state index >= 15 is 0 Å². The summed E-state index contributed by atoms with van der Waals surface area (Å²) in [5.41, 5.74) is 1.82. The highest BCUT2D eigenvalue weighted by Gasteiger charge is 2.06. The zero-order valence-corrected chi connectivity index (χ0v) is 7.67. The SMILES string of the molecule is Cn1nnc(NC(=O)NOCC(=O)O)n1. The van der Waals surface area contributed by atoms with Gasteiger partial charge in [0.15, 0.2) is 6.61 Å². The number of hydrogen-bond donors (Lipinski definition) is 3. The predicted molar refractivity (Wildman–Crippen MR) is 44.5 cm³/mol. The average molecular weight is 216 g/mol. The predicted octanol–water partition coefficient (Wildman–Crippen LogP) is -1.65. The van der Waals surface area contributed by atoms with Gasteiger partial charge < -0.3 is 5.11 Å². The van der Waals surface area contributed by atoms with Crippen LogP contribution in [0.4, 0.5) is 10.7 Å². The molecule has 0 aliphatic heterocycles. The minimum Gasteiger partial charge on any atom is -0.479 e. The van der Waals surface area contributed by atoms with Crippen LogP contribution >= 0.6 is 0 Å². The molecule has 1 aromatic rings. The van der Waals surface area contributed by atoms with Crippen molar-refractivity contribution in [2.75, 3.05) is 11.9 Å². The van der Waals surface area contributed by atoms with Crippen molar-refractivity contribution in [3.05, 3.63) is 0 Å². The van der Waals surface area contributed by atoms with Crippen LogP contribution in [0.25, 0.3) is 0 Å². The fourth-order valence-electron chi connectivity index (χ4n) is 0.625. The van der Waals surface area contributed by atoms with Gasteiger partial charge in [0.1, 0.15) is 0 Å². The van der Waals surface area contributed by atoms with Crippen LogP contribution in [-0.2, 0) is 16.7 Å². The molecule has 15 heavy (non-hydrogen) atoms. The number of aliphatic carboxylic acids is 1. The molecule has 10 nitrogen and oxygen atoms in total. The van der Waals surface area contributed by atoms with Crippen molar-refractivity contribution in [2.24, 2.45) is 7.05 Å². The second-order valence-electron chi connectivity index (χ2n) is 2.34. The molecule has 0 spiro atoms. The van der Waals surface area contributed by atoms with Gasteiger partial charge in [0.2, 0.25) is 0 Å². The van der Waals surface area contributed by atoms with E-state index in [-0.39, 0.29) is 5.95 Å². The van der Waals surface area contributed by atoms with Gasteiger partial charge in [0.25, 0.3) is 5.95 Å². The molecule has 3 N–H and O–H groups in total. The maximum Gasteiger partial charge on any atom is 0.345 e. The van der Waals surface area contributed by atoms with E-state index in [4.69, 9.17) is 5.11 Å². The molecule has 0 bridgehead atoms. The van der Waals surface area contributed by atoms with Crippen LogP contribution in [0.15, 0.2) is 0 Å². The van der Waals surface area contributed by atoms with Gasteiger partial charge in [-0.2, -0.15) is 4.80 Å². The van der Waals surface area contributed by atoms with E-state index in [1.807, 2.05) is 5.48 Å². The Kier molecular flexibility index (Phi) is 3.51. The third-order valence-electron chi connectivity index (χ3n) is 1.09. The summed E-state index contributed by atoms with van der Waals surface area (Å²) in [7, 11) is 1.52. The smallest absolute Gasteiger partial charge is 0.345 e. The highest BCUT2D eigenvalue weighted by atomic mass is 16.7. The van der Waals surface area contributed by atoms with Crippen LogP contribution in [0.2, 0.25) is 0 Å². The quantitative estimate of drug-likeness (QED) is 0.513. The maximum atomic E-state index is 10.9. The Morgan fingerprint density at radius 1 is 1.60 bits per heavy atom.